The second kappa shape index (κ2) is 4.88. The summed E-state index contributed by atoms with van der Waals surface area (Å²) in [5.74, 6) is 0.0456. The highest BCUT2D eigenvalue weighted by Crippen LogP contribution is 2.38. The Labute approximate surface area is 130 Å². The second-order valence-electron chi connectivity index (χ2n) is 5.69. The molecule has 1 aliphatic carbocycles. The molecule has 0 aliphatic heterocycles. The van der Waals surface area contributed by atoms with Gasteiger partial charge in [-0.1, -0.05) is 6.92 Å². The molecule has 7 heteroatoms. The van der Waals surface area contributed by atoms with Gasteiger partial charge in [0.1, 0.15) is 11.2 Å². The van der Waals surface area contributed by atoms with Crippen LogP contribution in [0.15, 0.2) is 12.4 Å². The lowest BCUT2D eigenvalue weighted by molar-refractivity contribution is -0.131. The van der Waals surface area contributed by atoms with Crippen molar-refractivity contribution < 1.29 is 9.90 Å². The van der Waals surface area contributed by atoms with Gasteiger partial charge in [0.25, 0.3) is 0 Å². The molecule has 4 rings (SSSR count). The fourth-order valence-electron chi connectivity index (χ4n) is 2.98. The Morgan fingerprint density at radius 3 is 3.23 bits per heavy atom. The molecule has 22 heavy (non-hydrogen) atoms. The smallest absolute Gasteiger partial charge is 0.328 e. The molecule has 0 saturated carbocycles. The van der Waals surface area contributed by atoms with E-state index < -0.39 is 5.97 Å². The fraction of sp³-hybridized carbons (Fsp3) is 0.333. The van der Waals surface area contributed by atoms with Crippen LogP contribution in [0.25, 0.3) is 21.9 Å². The van der Waals surface area contributed by atoms with Crippen LogP contribution < -0.4 is 0 Å². The molecule has 3 heterocycles. The van der Waals surface area contributed by atoms with Crippen molar-refractivity contribution in [2.45, 2.75) is 26.2 Å². The van der Waals surface area contributed by atoms with E-state index in [0.29, 0.717) is 11.7 Å². The van der Waals surface area contributed by atoms with E-state index in [1.54, 1.807) is 22.2 Å². The van der Waals surface area contributed by atoms with Gasteiger partial charge in [-0.3, -0.25) is 0 Å². The standard InChI is InChI=1S/C15H14N4O2S/c1-8-2-3-10-9(6-8)13-14-17-11(4-5-12(20)21)18-19(14)7-16-15(13)22-10/h4-5,7-8H,2-3,6H2,1H3,(H,20,21)/b5-4+/t8-/m1/s1. The molecule has 3 aromatic rings. The lowest BCUT2D eigenvalue weighted by Crippen LogP contribution is -2.09. The maximum Gasteiger partial charge on any atom is 0.328 e. The zero-order valence-electron chi connectivity index (χ0n) is 12.0. The zero-order valence-corrected chi connectivity index (χ0v) is 12.8. The molecular formula is C15H14N4O2S. The molecular weight excluding hydrogens is 300 g/mol. The molecule has 112 valence electrons. The molecule has 0 unspecified atom stereocenters. The highest BCUT2D eigenvalue weighted by Gasteiger charge is 2.23. The van der Waals surface area contributed by atoms with Crippen LogP contribution in [-0.2, 0) is 17.6 Å². The van der Waals surface area contributed by atoms with E-state index in [1.807, 2.05) is 0 Å². The van der Waals surface area contributed by atoms with Crippen LogP contribution in [-0.4, -0.2) is 30.7 Å². The molecule has 6 nitrogen and oxygen atoms in total. The van der Waals surface area contributed by atoms with Gasteiger partial charge in [0, 0.05) is 11.0 Å². The summed E-state index contributed by atoms with van der Waals surface area (Å²) in [7, 11) is 0. The van der Waals surface area contributed by atoms with Crippen LogP contribution in [0.5, 0.6) is 0 Å². The van der Waals surface area contributed by atoms with E-state index in [9.17, 15) is 4.79 Å². The number of aliphatic carboxylic acids is 1. The summed E-state index contributed by atoms with van der Waals surface area (Å²) in [6.45, 7) is 2.27. The number of nitrogens with zero attached hydrogens (tertiary/aromatic N) is 4. The first kappa shape index (κ1) is 13.4. The van der Waals surface area contributed by atoms with E-state index in [4.69, 9.17) is 5.11 Å². The molecule has 3 aromatic heterocycles. The Morgan fingerprint density at radius 1 is 1.55 bits per heavy atom. The maximum absolute atomic E-state index is 10.6. The Morgan fingerprint density at radius 2 is 2.41 bits per heavy atom. The van der Waals surface area contributed by atoms with Crippen molar-refractivity contribution in [3.05, 3.63) is 28.7 Å². The summed E-state index contributed by atoms with van der Waals surface area (Å²) in [4.78, 5) is 22.0. The van der Waals surface area contributed by atoms with Gasteiger partial charge in [0.05, 0.1) is 5.39 Å². The first-order valence-electron chi connectivity index (χ1n) is 7.18. The first-order valence-corrected chi connectivity index (χ1v) is 8.00. The fourth-order valence-corrected chi connectivity index (χ4v) is 4.16. The summed E-state index contributed by atoms with van der Waals surface area (Å²) < 4.78 is 1.64. The van der Waals surface area contributed by atoms with E-state index in [2.05, 4.69) is 22.0 Å². The van der Waals surface area contributed by atoms with Gasteiger partial charge in [-0.05, 0) is 36.8 Å². The van der Waals surface area contributed by atoms with Gasteiger partial charge >= 0.3 is 5.97 Å². The number of carbonyl (C=O) groups is 1. The predicted octanol–water partition coefficient (Wildman–Crippen LogP) is 2.56. The Bertz CT molecular complexity index is 925. The highest BCUT2D eigenvalue weighted by molar-refractivity contribution is 7.19. The third-order valence-corrected chi connectivity index (χ3v) is 5.22. The van der Waals surface area contributed by atoms with Crippen LogP contribution in [0.3, 0.4) is 0 Å². The summed E-state index contributed by atoms with van der Waals surface area (Å²) in [6.07, 6.45) is 7.46. The van der Waals surface area contributed by atoms with Crippen molar-refractivity contribution >= 4 is 39.2 Å². The van der Waals surface area contributed by atoms with Gasteiger partial charge in [-0.2, -0.15) is 0 Å². The number of carboxylic acid groups (broad SMARTS) is 1. The van der Waals surface area contributed by atoms with Crippen LogP contribution in [0.1, 0.15) is 29.6 Å². The Balaban J connectivity index is 1.94. The van der Waals surface area contributed by atoms with Gasteiger partial charge in [0.15, 0.2) is 11.5 Å². The van der Waals surface area contributed by atoms with Gasteiger partial charge in [-0.15, -0.1) is 16.4 Å². The van der Waals surface area contributed by atoms with Crippen molar-refractivity contribution in [3.8, 4) is 0 Å². The zero-order chi connectivity index (χ0) is 15.3. The molecule has 0 aromatic carbocycles. The summed E-state index contributed by atoms with van der Waals surface area (Å²) in [5.41, 5.74) is 2.11. The van der Waals surface area contributed by atoms with Crippen LogP contribution >= 0.6 is 11.3 Å². The topological polar surface area (TPSA) is 80.4 Å². The molecule has 1 N–H and O–H groups in total. The monoisotopic (exact) mass is 314 g/mol. The lowest BCUT2D eigenvalue weighted by Gasteiger charge is -2.17. The number of carboxylic acids is 1. The third kappa shape index (κ3) is 2.09. The SMILES string of the molecule is C[C@@H]1CCc2sc3ncn4nc(/C=C/C(=O)O)nc4c3c2C1. The maximum atomic E-state index is 10.6. The number of aryl methyl sites for hydroxylation is 1. The molecule has 0 bridgehead atoms. The van der Waals surface area contributed by atoms with Crippen molar-refractivity contribution in [1.82, 2.24) is 19.6 Å². The van der Waals surface area contributed by atoms with Crippen LogP contribution in [0.4, 0.5) is 0 Å². The molecule has 0 amide bonds. The number of fused-ring (bicyclic) bond motifs is 5. The molecule has 0 saturated heterocycles. The number of rotatable bonds is 2. The minimum absolute atomic E-state index is 0.389. The van der Waals surface area contributed by atoms with Crippen LogP contribution in [0, 0.1) is 5.92 Å². The van der Waals surface area contributed by atoms with Gasteiger partial charge in [0.2, 0.25) is 0 Å². The van der Waals surface area contributed by atoms with E-state index in [-0.39, 0.29) is 0 Å². The molecule has 0 radical (unpaired) electrons. The van der Waals surface area contributed by atoms with Crippen molar-refractivity contribution in [2.75, 3.05) is 0 Å². The van der Waals surface area contributed by atoms with E-state index in [1.165, 1.54) is 22.9 Å². The first-order chi connectivity index (χ1) is 10.6. The van der Waals surface area contributed by atoms with Crippen molar-refractivity contribution in [3.63, 3.8) is 0 Å². The highest BCUT2D eigenvalue weighted by atomic mass is 32.1. The lowest BCUT2D eigenvalue weighted by atomic mass is 9.89. The third-order valence-electron chi connectivity index (χ3n) is 4.02. The normalized spacial score (nSPS) is 18.3. The largest absolute Gasteiger partial charge is 0.478 e. The summed E-state index contributed by atoms with van der Waals surface area (Å²) in [5, 5.41) is 14.1. The van der Waals surface area contributed by atoms with E-state index >= 15 is 0 Å². The summed E-state index contributed by atoms with van der Waals surface area (Å²) >= 11 is 1.74. The average Bonchev–Trinajstić information content (AvgIpc) is 3.04. The number of thiophene rings is 1. The van der Waals surface area contributed by atoms with Crippen molar-refractivity contribution in [2.24, 2.45) is 5.92 Å². The van der Waals surface area contributed by atoms with Gasteiger partial charge < -0.3 is 5.11 Å². The number of aromatic nitrogens is 4. The quantitative estimate of drug-likeness (QED) is 0.735. The number of hydrogen-bond donors (Lipinski definition) is 1. The average molecular weight is 314 g/mol. The molecule has 1 aliphatic rings. The molecule has 0 fully saturated rings. The van der Waals surface area contributed by atoms with Crippen molar-refractivity contribution in [1.29, 1.82) is 0 Å². The molecule has 0 spiro atoms. The Kier molecular flexibility index (Phi) is 2.97. The predicted molar refractivity (Wildman–Crippen MR) is 84.0 cm³/mol. The number of hydrogen-bond acceptors (Lipinski definition) is 5. The summed E-state index contributed by atoms with van der Waals surface area (Å²) in [6, 6.07) is 0. The minimum atomic E-state index is -1.01. The van der Waals surface area contributed by atoms with Crippen LogP contribution in [0.2, 0.25) is 0 Å². The van der Waals surface area contributed by atoms with E-state index in [0.717, 1.165) is 34.8 Å². The second-order valence-corrected chi connectivity index (χ2v) is 6.77. The molecule has 1 atom stereocenters. The van der Waals surface area contributed by atoms with Gasteiger partial charge in [-0.25, -0.2) is 19.3 Å². The minimum Gasteiger partial charge on any atom is -0.478 e. The Hall–Kier alpha value is -2.28.